The first-order valence-electron chi connectivity index (χ1n) is 6.11. The van der Waals surface area contributed by atoms with Crippen LogP contribution >= 0.6 is 0 Å². The van der Waals surface area contributed by atoms with E-state index in [-0.39, 0.29) is 5.41 Å². The molecule has 0 atom stereocenters. The molecule has 0 saturated heterocycles. The van der Waals surface area contributed by atoms with Crippen LogP contribution in [-0.4, -0.2) is 14.1 Å². The first-order chi connectivity index (χ1) is 7.32. The highest BCUT2D eigenvalue weighted by atomic mass is 15.1. The summed E-state index contributed by atoms with van der Waals surface area (Å²) in [6, 6.07) is 6.66. The predicted molar refractivity (Wildman–Crippen MR) is 75.6 cm³/mol. The molecule has 1 aromatic carbocycles. The molecule has 0 fully saturated rings. The molecule has 0 saturated carbocycles. The fourth-order valence-electron chi connectivity index (χ4n) is 1.64. The van der Waals surface area contributed by atoms with E-state index in [0.717, 1.165) is 0 Å². The van der Waals surface area contributed by atoms with E-state index in [4.69, 9.17) is 0 Å². The molecule has 1 aromatic rings. The van der Waals surface area contributed by atoms with E-state index in [1.54, 1.807) is 0 Å². The topological polar surface area (TPSA) is 3.24 Å². The van der Waals surface area contributed by atoms with Crippen LogP contribution in [0.15, 0.2) is 18.2 Å². The van der Waals surface area contributed by atoms with Gasteiger partial charge in [0, 0.05) is 19.8 Å². The second-order valence-electron chi connectivity index (χ2n) is 5.17. The molecule has 0 aliphatic carbocycles. The van der Waals surface area contributed by atoms with Crippen LogP contribution < -0.4 is 4.90 Å². The maximum atomic E-state index is 2.29. The largest absolute Gasteiger partial charge is 0.377 e. The number of benzene rings is 1. The van der Waals surface area contributed by atoms with Crippen molar-refractivity contribution in [2.24, 2.45) is 0 Å². The molecule has 1 rings (SSSR count). The number of aryl methyl sites for hydroxylation is 1. The Kier molecular flexibility index (Phi) is 5.57. The molecule has 0 amide bonds. The van der Waals surface area contributed by atoms with Crippen molar-refractivity contribution in [1.82, 2.24) is 0 Å². The summed E-state index contributed by atoms with van der Waals surface area (Å²) in [6.45, 7) is 12.9. The standard InChI is InChI=1S/C13H21N.C2H6/c1-10-7-8-12(14(5)6)11(9-10)13(2,3)4;1-2/h7-9H,1-6H3;1-2H3. The van der Waals surface area contributed by atoms with Gasteiger partial charge < -0.3 is 4.90 Å². The lowest BCUT2D eigenvalue weighted by Crippen LogP contribution is -2.19. The molecule has 92 valence electrons. The highest BCUT2D eigenvalue weighted by Crippen LogP contribution is 2.31. The lowest BCUT2D eigenvalue weighted by molar-refractivity contribution is 0.589. The third-order valence-electron chi connectivity index (χ3n) is 2.44. The summed E-state index contributed by atoms with van der Waals surface area (Å²) in [7, 11) is 4.19. The molecule has 1 heteroatoms. The molecule has 0 aliphatic rings. The monoisotopic (exact) mass is 221 g/mol. The molecule has 0 N–H and O–H groups in total. The van der Waals surface area contributed by atoms with Crippen LogP contribution in [0.4, 0.5) is 5.69 Å². The van der Waals surface area contributed by atoms with E-state index >= 15 is 0 Å². The third kappa shape index (κ3) is 3.88. The summed E-state index contributed by atoms with van der Waals surface area (Å²) in [6.07, 6.45) is 0. The molecule has 1 nitrogen and oxygen atoms in total. The van der Waals surface area contributed by atoms with Gasteiger partial charge in [-0.05, 0) is 24.0 Å². The van der Waals surface area contributed by atoms with Crippen LogP contribution in [0, 0.1) is 6.92 Å². The molecule has 0 radical (unpaired) electrons. The second kappa shape index (κ2) is 5.93. The molecule has 0 unspecified atom stereocenters. The van der Waals surface area contributed by atoms with Crippen molar-refractivity contribution >= 4 is 5.69 Å². The van der Waals surface area contributed by atoms with Crippen molar-refractivity contribution < 1.29 is 0 Å². The fraction of sp³-hybridized carbons (Fsp3) is 0.600. The molecule has 16 heavy (non-hydrogen) atoms. The normalized spacial score (nSPS) is 10.5. The van der Waals surface area contributed by atoms with Gasteiger partial charge in [-0.15, -0.1) is 0 Å². The summed E-state index contributed by atoms with van der Waals surface area (Å²) in [4.78, 5) is 2.18. The summed E-state index contributed by atoms with van der Waals surface area (Å²) in [5, 5.41) is 0. The molecule has 0 aliphatic heterocycles. The van der Waals surface area contributed by atoms with Gasteiger partial charge >= 0.3 is 0 Å². The fourth-order valence-corrected chi connectivity index (χ4v) is 1.64. The quantitative estimate of drug-likeness (QED) is 0.680. The van der Waals surface area contributed by atoms with Crippen molar-refractivity contribution in [3.8, 4) is 0 Å². The van der Waals surface area contributed by atoms with Crippen molar-refractivity contribution in [2.45, 2.75) is 47.0 Å². The van der Waals surface area contributed by atoms with E-state index in [2.05, 4.69) is 64.9 Å². The summed E-state index contributed by atoms with van der Waals surface area (Å²) >= 11 is 0. The first-order valence-corrected chi connectivity index (χ1v) is 6.11. The summed E-state index contributed by atoms with van der Waals surface area (Å²) in [5.41, 5.74) is 4.29. The third-order valence-corrected chi connectivity index (χ3v) is 2.44. The summed E-state index contributed by atoms with van der Waals surface area (Å²) in [5.74, 6) is 0. The van der Waals surface area contributed by atoms with Crippen LogP contribution in [-0.2, 0) is 5.41 Å². The van der Waals surface area contributed by atoms with Gasteiger partial charge in [-0.1, -0.05) is 52.3 Å². The maximum absolute atomic E-state index is 2.29. The van der Waals surface area contributed by atoms with E-state index in [1.165, 1.54) is 16.8 Å². The molecular formula is C15H27N. The highest BCUT2D eigenvalue weighted by Gasteiger charge is 2.18. The van der Waals surface area contributed by atoms with Crippen LogP contribution in [0.25, 0.3) is 0 Å². The Labute approximate surface area is 101 Å². The van der Waals surface area contributed by atoms with E-state index in [9.17, 15) is 0 Å². The van der Waals surface area contributed by atoms with Gasteiger partial charge in [0.15, 0.2) is 0 Å². The average molecular weight is 221 g/mol. The second-order valence-corrected chi connectivity index (χ2v) is 5.17. The SMILES string of the molecule is CC.Cc1ccc(N(C)C)c(C(C)(C)C)c1. The van der Waals surface area contributed by atoms with Gasteiger partial charge in [0.05, 0.1) is 0 Å². The van der Waals surface area contributed by atoms with Crippen molar-refractivity contribution in [3.05, 3.63) is 29.3 Å². The van der Waals surface area contributed by atoms with Crippen molar-refractivity contribution in [1.29, 1.82) is 0 Å². The van der Waals surface area contributed by atoms with E-state index < -0.39 is 0 Å². The van der Waals surface area contributed by atoms with Gasteiger partial charge in [-0.2, -0.15) is 0 Å². The molecule has 0 aromatic heterocycles. The minimum Gasteiger partial charge on any atom is -0.377 e. The average Bonchev–Trinajstić information content (AvgIpc) is 2.19. The zero-order chi connectivity index (χ0) is 12.9. The Morgan fingerprint density at radius 2 is 1.50 bits per heavy atom. The Morgan fingerprint density at radius 1 is 1.00 bits per heavy atom. The Morgan fingerprint density at radius 3 is 1.88 bits per heavy atom. The summed E-state index contributed by atoms with van der Waals surface area (Å²) < 4.78 is 0. The molecule has 0 spiro atoms. The van der Waals surface area contributed by atoms with E-state index in [1.807, 2.05) is 13.8 Å². The highest BCUT2D eigenvalue weighted by molar-refractivity contribution is 5.56. The van der Waals surface area contributed by atoms with Gasteiger partial charge in [0.2, 0.25) is 0 Å². The number of anilines is 1. The van der Waals surface area contributed by atoms with Crippen LogP contribution in [0.2, 0.25) is 0 Å². The number of rotatable bonds is 1. The lowest BCUT2D eigenvalue weighted by Gasteiger charge is -2.27. The van der Waals surface area contributed by atoms with Gasteiger partial charge in [-0.3, -0.25) is 0 Å². The van der Waals surface area contributed by atoms with Gasteiger partial charge in [-0.25, -0.2) is 0 Å². The minimum absolute atomic E-state index is 0.214. The Bertz CT molecular complexity index is 319. The number of hydrogen-bond donors (Lipinski definition) is 0. The number of nitrogens with zero attached hydrogens (tertiary/aromatic N) is 1. The predicted octanol–water partition coefficient (Wildman–Crippen LogP) is 4.38. The van der Waals surface area contributed by atoms with Crippen LogP contribution in [0.3, 0.4) is 0 Å². The van der Waals surface area contributed by atoms with Gasteiger partial charge in [0.1, 0.15) is 0 Å². The lowest BCUT2D eigenvalue weighted by atomic mass is 9.84. The smallest absolute Gasteiger partial charge is 0.0399 e. The molecule has 0 bridgehead atoms. The van der Waals surface area contributed by atoms with Crippen molar-refractivity contribution in [2.75, 3.05) is 19.0 Å². The van der Waals surface area contributed by atoms with E-state index in [0.29, 0.717) is 0 Å². The Balaban J connectivity index is 0.00000106. The first kappa shape index (κ1) is 15.0. The zero-order valence-electron chi connectivity index (χ0n) is 12.2. The number of hydrogen-bond acceptors (Lipinski definition) is 1. The molecular weight excluding hydrogens is 194 g/mol. The van der Waals surface area contributed by atoms with Crippen LogP contribution in [0.1, 0.15) is 45.7 Å². The van der Waals surface area contributed by atoms with Crippen molar-refractivity contribution in [3.63, 3.8) is 0 Å². The minimum atomic E-state index is 0.214. The van der Waals surface area contributed by atoms with Gasteiger partial charge in [0.25, 0.3) is 0 Å². The zero-order valence-corrected chi connectivity index (χ0v) is 12.2. The Hall–Kier alpha value is -0.980. The molecule has 0 heterocycles. The van der Waals surface area contributed by atoms with Crippen LogP contribution in [0.5, 0.6) is 0 Å². The maximum Gasteiger partial charge on any atom is 0.0399 e.